The van der Waals surface area contributed by atoms with Crippen LogP contribution in [0, 0.1) is 13.8 Å². The third-order valence-corrected chi connectivity index (χ3v) is 7.21. The number of nitrogens with zero attached hydrogens (tertiary/aromatic N) is 2. The SMILES string of the molecule is C=CCOC(=O)c1sc(N2C(=O)C(=O)C(=C(O)c3ccc(OC)cc3C)[C@H]2c2ccccc2OC)nc1C. The lowest BCUT2D eigenvalue weighted by Gasteiger charge is -2.24. The van der Waals surface area contributed by atoms with Gasteiger partial charge in [0.2, 0.25) is 0 Å². The predicted octanol–water partition coefficient (Wildman–Crippen LogP) is 4.75. The van der Waals surface area contributed by atoms with Crippen LogP contribution in [0.4, 0.5) is 5.13 Å². The maximum absolute atomic E-state index is 13.5. The van der Waals surface area contributed by atoms with Gasteiger partial charge in [-0.3, -0.25) is 14.5 Å². The molecule has 2 heterocycles. The molecule has 1 saturated heterocycles. The van der Waals surface area contributed by atoms with Gasteiger partial charge in [0.1, 0.15) is 34.8 Å². The number of hydrogen-bond acceptors (Lipinski definition) is 9. The third-order valence-electron chi connectivity index (χ3n) is 6.08. The van der Waals surface area contributed by atoms with Crippen LogP contribution in [-0.2, 0) is 14.3 Å². The maximum atomic E-state index is 13.5. The molecule has 1 aliphatic heterocycles. The van der Waals surface area contributed by atoms with Gasteiger partial charge in [-0.1, -0.05) is 42.2 Å². The molecule has 0 bridgehead atoms. The first-order chi connectivity index (χ1) is 18.2. The molecule has 1 aliphatic rings. The van der Waals surface area contributed by atoms with Gasteiger partial charge in [0.05, 0.1) is 25.5 Å². The summed E-state index contributed by atoms with van der Waals surface area (Å²) >= 11 is 0.922. The molecule has 4 rings (SSSR count). The number of para-hydroxylation sites is 1. The Labute approximate surface area is 223 Å². The molecule has 0 spiro atoms. The lowest BCUT2D eigenvalue weighted by atomic mass is 9.93. The summed E-state index contributed by atoms with van der Waals surface area (Å²) in [7, 11) is 3.00. The van der Waals surface area contributed by atoms with Gasteiger partial charge in [-0.05, 0) is 43.7 Å². The number of ketones is 1. The van der Waals surface area contributed by atoms with Crippen molar-refractivity contribution in [1.29, 1.82) is 0 Å². The molecule has 196 valence electrons. The Bertz CT molecular complexity index is 1470. The Balaban J connectivity index is 1.94. The quantitative estimate of drug-likeness (QED) is 0.145. The van der Waals surface area contributed by atoms with E-state index in [0.29, 0.717) is 33.9 Å². The van der Waals surface area contributed by atoms with Gasteiger partial charge in [0.25, 0.3) is 5.78 Å². The van der Waals surface area contributed by atoms with E-state index in [1.165, 1.54) is 25.2 Å². The number of anilines is 1. The van der Waals surface area contributed by atoms with E-state index in [4.69, 9.17) is 14.2 Å². The lowest BCUT2D eigenvalue weighted by Crippen LogP contribution is -2.29. The summed E-state index contributed by atoms with van der Waals surface area (Å²) in [6.45, 7) is 6.92. The molecular weight excluding hydrogens is 508 g/mol. The molecule has 1 aromatic heterocycles. The number of carbonyl (C=O) groups is 3. The Kier molecular flexibility index (Phi) is 7.63. The van der Waals surface area contributed by atoms with Crippen LogP contribution in [-0.4, -0.2) is 48.6 Å². The highest BCUT2D eigenvalue weighted by molar-refractivity contribution is 7.17. The number of thiazole rings is 1. The summed E-state index contributed by atoms with van der Waals surface area (Å²) in [5.41, 5.74) is 1.68. The number of aryl methyl sites for hydroxylation is 2. The number of aliphatic hydroxyl groups is 1. The topological polar surface area (TPSA) is 115 Å². The monoisotopic (exact) mass is 534 g/mol. The van der Waals surface area contributed by atoms with Gasteiger partial charge in [-0.25, -0.2) is 9.78 Å². The summed E-state index contributed by atoms with van der Waals surface area (Å²) in [6, 6.07) is 10.8. The van der Waals surface area contributed by atoms with Gasteiger partial charge in [0, 0.05) is 11.1 Å². The zero-order valence-corrected chi connectivity index (χ0v) is 22.1. The van der Waals surface area contributed by atoms with E-state index in [1.807, 2.05) is 0 Å². The molecule has 1 fully saturated rings. The summed E-state index contributed by atoms with van der Waals surface area (Å²) in [5, 5.41) is 11.6. The van der Waals surface area contributed by atoms with Crippen LogP contribution in [0.5, 0.6) is 11.5 Å². The largest absolute Gasteiger partial charge is 0.507 e. The summed E-state index contributed by atoms with van der Waals surface area (Å²) in [5.74, 6) is -1.77. The van der Waals surface area contributed by atoms with Crippen LogP contribution in [0.3, 0.4) is 0 Å². The van der Waals surface area contributed by atoms with E-state index in [1.54, 1.807) is 56.3 Å². The molecule has 0 saturated carbocycles. The normalized spacial score (nSPS) is 16.4. The van der Waals surface area contributed by atoms with Crippen LogP contribution >= 0.6 is 11.3 Å². The number of methoxy groups -OCH3 is 2. The molecule has 3 aromatic rings. The fraction of sp³-hybridized carbons (Fsp3) is 0.214. The van der Waals surface area contributed by atoms with Crippen molar-refractivity contribution in [3.63, 3.8) is 0 Å². The third kappa shape index (κ3) is 4.66. The first kappa shape index (κ1) is 26.6. The molecular formula is C28H26N2O7S. The molecule has 10 heteroatoms. The van der Waals surface area contributed by atoms with Crippen molar-refractivity contribution in [3.8, 4) is 11.5 Å². The van der Waals surface area contributed by atoms with E-state index in [2.05, 4.69) is 11.6 Å². The highest BCUT2D eigenvalue weighted by Crippen LogP contribution is 2.46. The van der Waals surface area contributed by atoms with E-state index >= 15 is 0 Å². The van der Waals surface area contributed by atoms with E-state index in [-0.39, 0.29) is 27.9 Å². The number of amides is 1. The number of Topliss-reactive ketones (excluding diaryl/α,β-unsaturated/α-hetero) is 1. The summed E-state index contributed by atoms with van der Waals surface area (Å²) in [4.78, 5) is 45.3. The fourth-order valence-corrected chi connectivity index (χ4v) is 5.25. The fourth-order valence-electron chi connectivity index (χ4n) is 4.27. The molecule has 9 nitrogen and oxygen atoms in total. The second-order valence-corrected chi connectivity index (χ2v) is 9.37. The smallest absolute Gasteiger partial charge is 0.350 e. The van der Waals surface area contributed by atoms with E-state index < -0.39 is 23.7 Å². The first-order valence-electron chi connectivity index (χ1n) is 11.6. The number of esters is 1. The molecule has 0 radical (unpaired) electrons. The second-order valence-electron chi connectivity index (χ2n) is 8.39. The summed E-state index contributed by atoms with van der Waals surface area (Å²) < 4.78 is 15.9. The lowest BCUT2D eigenvalue weighted by molar-refractivity contribution is -0.132. The van der Waals surface area contributed by atoms with Gasteiger partial charge in [-0.2, -0.15) is 0 Å². The Morgan fingerprint density at radius 1 is 1.16 bits per heavy atom. The van der Waals surface area contributed by atoms with Crippen molar-refractivity contribution >= 4 is 39.9 Å². The van der Waals surface area contributed by atoms with Crippen LogP contribution in [0.1, 0.15) is 38.1 Å². The molecule has 38 heavy (non-hydrogen) atoms. The molecule has 0 unspecified atom stereocenters. The first-order valence-corrected chi connectivity index (χ1v) is 12.4. The predicted molar refractivity (Wildman–Crippen MR) is 143 cm³/mol. The standard InChI is InChI=1S/C28H26N2O7S/c1-6-13-37-27(34)25-16(3)29-28(38-25)30-22(19-9-7-8-10-20(19)36-5)21(24(32)26(30)33)23(31)18-12-11-17(35-4)14-15(18)2/h6-12,14,22,31H,1,13H2,2-5H3/t22-/m1/s1. The average Bonchev–Trinajstić information content (AvgIpc) is 3.43. The number of benzene rings is 2. The molecule has 0 aliphatic carbocycles. The number of ether oxygens (including phenoxy) is 3. The van der Waals surface area contributed by atoms with E-state index in [0.717, 1.165) is 11.3 Å². The van der Waals surface area contributed by atoms with Crippen LogP contribution in [0.25, 0.3) is 5.76 Å². The minimum absolute atomic E-state index is 0.0123. The maximum Gasteiger partial charge on any atom is 0.350 e. The van der Waals surface area contributed by atoms with Gasteiger partial charge in [0.15, 0.2) is 5.13 Å². The Morgan fingerprint density at radius 2 is 1.89 bits per heavy atom. The average molecular weight is 535 g/mol. The van der Waals surface area contributed by atoms with Gasteiger partial charge >= 0.3 is 11.9 Å². The molecule has 2 aromatic carbocycles. The van der Waals surface area contributed by atoms with Crippen molar-refractivity contribution in [3.05, 3.63) is 88.0 Å². The number of rotatable bonds is 8. The van der Waals surface area contributed by atoms with E-state index in [9.17, 15) is 19.5 Å². The van der Waals surface area contributed by atoms with Crippen molar-refractivity contribution in [2.45, 2.75) is 19.9 Å². The second kappa shape index (κ2) is 10.9. The van der Waals surface area contributed by atoms with Gasteiger partial charge in [-0.15, -0.1) is 0 Å². The number of hydrogen-bond donors (Lipinski definition) is 1. The van der Waals surface area contributed by atoms with Crippen molar-refractivity contribution < 1.29 is 33.7 Å². The van der Waals surface area contributed by atoms with Crippen LogP contribution in [0.2, 0.25) is 0 Å². The van der Waals surface area contributed by atoms with Crippen LogP contribution in [0.15, 0.2) is 60.7 Å². The zero-order chi connectivity index (χ0) is 27.6. The van der Waals surface area contributed by atoms with Crippen molar-refractivity contribution in [1.82, 2.24) is 4.98 Å². The Morgan fingerprint density at radius 3 is 2.55 bits per heavy atom. The molecule has 1 atom stereocenters. The molecule has 1 amide bonds. The summed E-state index contributed by atoms with van der Waals surface area (Å²) in [6.07, 6.45) is 1.44. The minimum atomic E-state index is -1.07. The number of aliphatic hydroxyl groups excluding tert-OH is 1. The minimum Gasteiger partial charge on any atom is -0.507 e. The Hall–Kier alpha value is -4.44. The highest BCUT2D eigenvalue weighted by atomic mass is 32.1. The van der Waals surface area contributed by atoms with Crippen LogP contribution < -0.4 is 14.4 Å². The number of carbonyl (C=O) groups excluding carboxylic acids is 3. The number of aromatic nitrogens is 1. The van der Waals surface area contributed by atoms with Gasteiger partial charge < -0.3 is 19.3 Å². The van der Waals surface area contributed by atoms with Crippen molar-refractivity contribution in [2.24, 2.45) is 0 Å². The van der Waals surface area contributed by atoms with Crippen molar-refractivity contribution in [2.75, 3.05) is 25.7 Å². The zero-order valence-electron chi connectivity index (χ0n) is 21.3. The highest BCUT2D eigenvalue weighted by Gasteiger charge is 2.49. The molecule has 1 N–H and O–H groups in total.